The molecule has 0 fully saturated rings. The van der Waals surface area contributed by atoms with E-state index in [-0.39, 0.29) is 5.41 Å². The average molecular weight is 206 g/mol. The van der Waals surface area contributed by atoms with Gasteiger partial charge in [0, 0.05) is 0 Å². The summed E-state index contributed by atoms with van der Waals surface area (Å²) in [6.45, 7) is 21.0. The van der Waals surface area contributed by atoms with Crippen LogP contribution in [0.5, 0.6) is 0 Å². The number of hydrogen-bond acceptors (Lipinski definition) is 0. The molecule has 0 radical (unpaired) electrons. The molecule has 0 aliphatic heterocycles. The van der Waals surface area contributed by atoms with E-state index in [0.717, 1.165) is 19.3 Å². The Labute approximate surface area is 96.1 Å². The van der Waals surface area contributed by atoms with Crippen LogP contribution in [-0.2, 0) is 0 Å². The molecule has 0 unspecified atom stereocenters. The number of hydrogen-bond donors (Lipinski definition) is 0. The quantitative estimate of drug-likeness (QED) is 0.517. The molecule has 0 spiro atoms. The molecule has 0 heterocycles. The van der Waals surface area contributed by atoms with Gasteiger partial charge in [-0.1, -0.05) is 37.6 Å². The molecule has 0 aliphatic carbocycles. The highest BCUT2D eigenvalue weighted by Gasteiger charge is 2.08. The highest BCUT2D eigenvalue weighted by molar-refractivity contribution is 4.92. The summed E-state index contributed by atoms with van der Waals surface area (Å²) in [5.41, 5.74) is 1.47. The predicted octanol–water partition coefficient (Wildman–Crippen LogP) is 5.30. The zero-order valence-electron chi connectivity index (χ0n) is 10.7. The second-order valence-electron chi connectivity index (χ2n) is 4.47. The van der Waals surface area contributed by atoms with Crippen LogP contribution in [0, 0.1) is 5.41 Å². The normalized spacial score (nSPS) is 9.53. The lowest BCUT2D eigenvalue weighted by Gasteiger charge is -2.15. The van der Waals surface area contributed by atoms with E-state index in [2.05, 4.69) is 40.2 Å². The van der Waals surface area contributed by atoms with Crippen molar-refractivity contribution in [1.29, 1.82) is 0 Å². The van der Waals surface area contributed by atoms with Gasteiger partial charge in [0.2, 0.25) is 0 Å². The molecule has 0 nitrogen and oxygen atoms in total. The van der Waals surface area contributed by atoms with Gasteiger partial charge in [-0.25, -0.2) is 0 Å². The van der Waals surface area contributed by atoms with Gasteiger partial charge in [0.25, 0.3) is 0 Å². The van der Waals surface area contributed by atoms with Crippen LogP contribution >= 0.6 is 0 Å². The molecule has 0 rings (SSSR count). The maximum Gasteiger partial charge on any atom is -0.0143 e. The lowest BCUT2D eigenvalue weighted by atomic mass is 9.90. The summed E-state index contributed by atoms with van der Waals surface area (Å²) in [5, 5.41) is 0. The number of rotatable bonds is 6. The van der Waals surface area contributed by atoms with Crippen molar-refractivity contribution in [3.8, 4) is 0 Å². The van der Waals surface area contributed by atoms with Crippen molar-refractivity contribution in [2.45, 2.75) is 40.0 Å². The molecule has 0 saturated carbocycles. The average Bonchev–Trinajstić information content (AvgIpc) is 2.16. The minimum Gasteiger partial charge on any atom is -0.103 e. The molecule has 0 aliphatic rings. The zero-order chi connectivity index (χ0) is 12.3. The molecule has 0 aromatic carbocycles. The topological polar surface area (TPSA) is 0 Å². The molecule has 0 N–H and O–H groups in total. The maximum atomic E-state index is 3.74. The van der Waals surface area contributed by atoms with Crippen molar-refractivity contribution in [2.24, 2.45) is 5.41 Å². The summed E-state index contributed by atoms with van der Waals surface area (Å²) in [7, 11) is 0. The summed E-state index contributed by atoms with van der Waals surface area (Å²) in [4.78, 5) is 0. The Morgan fingerprint density at radius 2 is 1.67 bits per heavy atom. The summed E-state index contributed by atoms with van der Waals surface area (Å²) >= 11 is 0. The van der Waals surface area contributed by atoms with E-state index >= 15 is 0 Å². The van der Waals surface area contributed by atoms with Crippen LogP contribution in [-0.4, -0.2) is 0 Å². The van der Waals surface area contributed by atoms with Gasteiger partial charge in [-0.15, -0.1) is 26.3 Å². The summed E-state index contributed by atoms with van der Waals surface area (Å²) < 4.78 is 0. The van der Waals surface area contributed by atoms with E-state index in [1.165, 1.54) is 5.57 Å². The van der Waals surface area contributed by atoms with Crippen molar-refractivity contribution in [2.75, 3.05) is 0 Å². The maximum absolute atomic E-state index is 3.74. The Balaban J connectivity index is 0. The van der Waals surface area contributed by atoms with Crippen LogP contribution in [0.4, 0.5) is 0 Å². The molecule has 0 atom stereocenters. The Kier molecular flexibility index (Phi) is 10.4. The predicted molar refractivity (Wildman–Crippen MR) is 73.0 cm³/mol. The van der Waals surface area contributed by atoms with Gasteiger partial charge in [-0.2, -0.15) is 0 Å². The lowest BCUT2D eigenvalue weighted by Crippen LogP contribution is -2.03. The molecule has 0 bridgehead atoms. The van der Waals surface area contributed by atoms with E-state index in [0.29, 0.717) is 0 Å². The standard InChI is InChI=1S/C8H14.C7H12/c1-5-7-8(3,4)6-2;1-4-5-6-7(2)3/h5-6H,1-2,7H2,3-4H3;4H,1-2,5-6H2,3H3. The van der Waals surface area contributed by atoms with Crippen LogP contribution < -0.4 is 0 Å². The van der Waals surface area contributed by atoms with Crippen LogP contribution in [0.15, 0.2) is 50.1 Å². The minimum absolute atomic E-state index is 0.238. The first-order valence-electron chi connectivity index (χ1n) is 5.39. The molecular weight excluding hydrogens is 180 g/mol. The van der Waals surface area contributed by atoms with Crippen molar-refractivity contribution in [3.05, 3.63) is 50.1 Å². The summed E-state index contributed by atoms with van der Waals surface area (Å²) in [6, 6.07) is 0. The molecular formula is C15H26. The molecule has 15 heavy (non-hydrogen) atoms. The van der Waals surface area contributed by atoms with E-state index in [1.807, 2.05) is 25.2 Å². The van der Waals surface area contributed by atoms with Gasteiger partial charge in [0.1, 0.15) is 0 Å². The number of allylic oxidation sites excluding steroid dienone is 4. The van der Waals surface area contributed by atoms with Crippen molar-refractivity contribution in [1.82, 2.24) is 0 Å². The van der Waals surface area contributed by atoms with E-state index < -0.39 is 0 Å². The second kappa shape index (κ2) is 9.51. The minimum atomic E-state index is 0.238. The van der Waals surface area contributed by atoms with E-state index in [9.17, 15) is 0 Å². The largest absolute Gasteiger partial charge is 0.103 e. The van der Waals surface area contributed by atoms with Gasteiger partial charge in [0.15, 0.2) is 0 Å². The lowest BCUT2D eigenvalue weighted by molar-refractivity contribution is 0.490. The van der Waals surface area contributed by atoms with E-state index in [1.54, 1.807) is 0 Å². The summed E-state index contributed by atoms with van der Waals surface area (Å²) in [5.74, 6) is 0. The van der Waals surface area contributed by atoms with Crippen molar-refractivity contribution < 1.29 is 0 Å². The zero-order valence-corrected chi connectivity index (χ0v) is 10.7. The smallest absolute Gasteiger partial charge is 0.0143 e. The fraction of sp³-hybridized carbons (Fsp3) is 0.467. The summed E-state index contributed by atoms with van der Waals surface area (Å²) in [6.07, 6.45) is 8.94. The van der Waals surface area contributed by atoms with Gasteiger partial charge >= 0.3 is 0 Å². The molecule has 0 amide bonds. The monoisotopic (exact) mass is 206 g/mol. The third kappa shape index (κ3) is 15.7. The molecule has 86 valence electrons. The van der Waals surface area contributed by atoms with E-state index in [4.69, 9.17) is 0 Å². The molecule has 0 saturated heterocycles. The van der Waals surface area contributed by atoms with Gasteiger partial charge in [-0.05, 0) is 31.6 Å². The van der Waals surface area contributed by atoms with Crippen LogP contribution in [0.25, 0.3) is 0 Å². The Morgan fingerprint density at radius 3 is 1.80 bits per heavy atom. The second-order valence-corrected chi connectivity index (χ2v) is 4.47. The third-order valence-corrected chi connectivity index (χ3v) is 2.00. The highest BCUT2D eigenvalue weighted by Crippen LogP contribution is 2.20. The van der Waals surface area contributed by atoms with Gasteiger partial charge < -0.3 is 0 Å². The third-order valence-electron chi connectivity index (χ3n) is 2.00. The first-order chi connectivity index (χ1) is 6.89. The molecule has 0 aromatic rings. The molecule has 0 heteroatoms. The fourth-order valence-corrected chi connectivity index (χ4v) is 0.804. The first kappa shape index (κ1) is 16.4. The SMILES string of the molecule is C=CCC(C)(C)C=C.C=CCCC(=C)C. The first-order valence-corrected chi connectivity index (χ1v) is 5.39. The highest BCUT2D eigenvalue weighted by atomic mass is 14.1. The van der Waals surface area contributed by atoms with Crippen LogP contribution in [0.3, 0.4) is 0 Å². The van der Waals surface area contributed by atoms with Crippen LogP contribution in [0.1, 0.15) is 40.0 Å². The van der Waals surface area contributed by atoms with Crippen molar-refractivity contribution in [3.63, 3.8) is 0 Å². The Morgan fingerprint density at radius 1 is 1.13 bits per heavy atom. The van der Waals surface area contributed by atoms with Crippen LogP contribution in [0.2, 0.25) is 0 Å². The van der Waals surface area contributed by atoms with Gasteiger partial charge in [0.05, 0.1) is 0 Å². The molecule has 0 aromatic heterocycles. The fourth-order valence-electron chi connectivity index (χ4n) is 0.804. The Bertz CT molecular complexity index is 206. The van der Waals surface area contributed by atoms with Gasteiger partial charge in [-0.3, -0.25) is 0 Å². The van der Waals surface area contributed by atoms with Crippen molar-refractivity contribution >= 4 is 0 Å². The Hall–Kier alpha value is -1.04.